The number of nitriles is 1. The number of aliphatic imine (C=N–C) groups is 1. The number of aromatic nitrogens is 2. The highest BCUT2D eigenvalue weighted by Crippen LogP contribution is 2.32. The van der Waals surface area contributed by atoms with E-state index in [-0.39, 0.29) is 6.10 Å². The fraction of sp³-hybridized carbons (Fsp3) is 0.250. The van der Waals surface area contributed by atoms with Crippen molar-refractivity contribution in [2.75, 3.05) is 13.2 Å². The summed E-state index contributed by atoms with van der Waals surface area (Å²) in [7, 11) is 0. The molecule has 5 rings (SSSR count). The highest BCUT2D eigenvalue weighted by Gasteiger charge is 2.26. The highest BCUT2D eigenvalue weighted by molar-refractivity contribution is 6.16. The summed E-state index contributed by atoms with van der Waals surface area (Å²) in [4.78, 5) is 13.8. The van der Waals surface area contributed by atoms with Crippen LogP contribution in [0.3, 0.4) is 0 Å². The van der Waals surface area contributed by atoms with Crippen molar-refractivity contribution in [3.63, 3.8) is 0 Å². The standard InChI is InChI=1S/C24H20N4O2/c25-14-16-2-1-3-17(12-16)21-13-18(4-8-26-21)23-22-19(15-28-23)5-9-27-24(22)30-20-6-10-29-11-7-20/h1-5,8-9,12-13,20H,6-7,10-11,15H2. The predicted molar refractivity (Wildman–Crippen MR) is 112 cm³/mol. The van der Waals surface area contributed by atoms with E-state index in [1.807, 2.05) is 36.4 Å². The fourth-order valence-electron chi connectivity index (χ4n) is 3.87. The van der Waals surface area contributed by atoms with Gasteiger partial charge in [0.2, 0.25) is 5.88 Å². The fourth-order valence-corrected chi connectivity index (χ4v) is 3.87. The molecule has 1 saturated heterocycles. The van der Waals surface area contributed by atoms with E-state index in [1.165, 1.54) is 0 Å². The van der Waals surface area contributed by atoms with E-state index in [0.717, 1.165) is 59.7 Å². The monoisotopic (exact) mass is 396 g/mol. The Labute approximate surface area is 174 Å². The van der Waals surface area contributed by atoms with E-state index >= 15 is 0 Å². The largest absolute Gasteiger partial charge is 0.474 e. The van der Waals surface area contributed by atoms with Crippen molar-refractivity contribution >= 4 is 5.71 Å². The number of hydrogen-bond donors (Lipinski definition) is 0. The molecule has 0 aliphatic carbocycles. The van der Waals surface area contributed by atoms with Gasteiger partial charge in [-0.15, -0.1) is 0 Å². The zero-order valence-electron chi connectivity index (χ0n) is 16.4. The van der Waals surface area contributed by atoms with Crippen LogP contribution >= 0.6 is 0 Å². The van der Waals surface area contributed by atoms with Crippen molar-refractivity contribution in [3.05, 3.63) is 77.1 Å². The van der Waals surface area contributed by atoms with E-state index in [4.69, 9.17) is 14.5 Å². The molecule has 30 heavy (non-hydrogen) atoms. The minimum atomic E-state index is 0.112. The third-order valence-corrected chi connectivity index (χ3v) is 5.41. The summed E-state index contributed by atoms with van der Waals surface area (Å²) in [6.45, 7) is 2.05. The van der Waals surface area contributed by atoms with Gasteiger partial charge >= 0.3 is 0 Å². The van der Waals surface area contributed by atoms with Crippen LogP contribution in [0.1, 0.15) is 35.1 Å². The minimum Gasteiger partial charge on any atom is -0.474 e. The molecule has 3 aromatic rings. The molecule has 0 unspecified atom stereocenters. The lowest BCUT2D eigenvalue weighted by atomic mass is 10.00. The van der Waals surface area contributed by atoms with E-state index in [2.05, 4.69) is 16.0 Å². The first kappa shape index (κ1) is 18.5. The number of rotatable bonds is 4. The van der Waals surface area contributed by atoms with Gasteiger partial charge in [0.1, 0.15) is 6.10 Å². The maximum atomic E-state index is 9.19. The average Bonchev–Trinajstić information content (AvgIpc) is 3.25. The Morgan fingerprint density at radius 2 is 1.87 bits per heavy atom. The molecule has 1 aromatic carbocycles. The summed E-state index contributed by atoms with van der Waals surface area (Å²) >= 11 is 0. The van der Waals surface area contributed by atoms with Crippen molar-refractivity contribution in [3.8, 4) is 23.2 Å². The molecule has 148 valence electrons. The zero-order valence-corrected chi connectivity index (χ0v) is 16.4. The summed E-state index contributed by atoms with van der Waals surface area (Å²) in [6.07, 6.45) is 5.41. The highest BCUT2D eigenvalue weighted by atomic mass is 16.5. The maximum Gasteiger partial charge on any atom is 0.223 e. The summed E-state index contributed by atoms with van der Waals surface area (Å²) < 4.78 is 11.7. The minimum absolute atomic E-state index is 0.112. The van der Waals surface area contributed by atoms with Crippen molar-refractivity contribution in [2.24, 2.45) is 4.99 Å². The van der Waals surface area contributed by atoms with E-state index in [1.54, 1.807) is 18.5 Å². The van der Waals surface area contributed by atoms with Crippen molar-refractivity contribution in [2.45, 2.75) is 25.5 Å². The average molecular weight is 396 g/mol. The molecular formula is C24H20N4O2. The van der Waals surface area contributed by atoms with E-state index in [0.29, 0.717) is 18.0 Å². The van der Waals surface area contributed by atoms with Crippen LogP contribution in [0, 0.1) is 11.3 Å². The second-order valence-electron chi connectivity index (χ2n) is 7.37. The molecule has 2 aliphatic rings. The first-order valence-electron chi connectivity index (χ1n) is 10.1. The van der Waals surface area contributed by atoms with Gasteiger partial charge in [-0.05, 0) is 35.9 Å². The molecule has 0 atom stereocenters. The van der Waals surface area contributed by atoms with Gasteiger partial charge in [0.05, 0.1) is 48.4 Å². The molecule has 1 fully saturated rings. The van der Waals surface area contributed by atoms with Gasteiger partial charge in [-0.3, -0.25) is 9.98 Å². The number of pyridine rings is 2. The topological polar surface area (TPSA) is 80.4 Å². The number of ether oxygens (including phenoxy) is 2. The van der Waals surface area contributed by atoms with Crippen LogP contribution in [0.2, 0.25) is 0 Å². The van der Waals surface area contributed by atoms with Crippen LogP contribution in [0.5, 0.6) is 5.88 Å². The molecule has 4 heterocycles. The molecule has 0 spiro atoms. The first-order chi connectivity index (χ1) is 14.8. The van der Waals surface area contributed by atoms with Crippen molar-refractivity contribution in [1.82, 2.24) is 9.97 Å². The second kappa shape index (κ2) is 8.05. The lowest BCUT2D eigenvalue weighted by molar-refractivity contribution is 0.0236. The Bertz CT molecular complexity index is 1160. The van der Waals surface area contributed by atoms with Crippen LogP contribution < -0.4 is 4.74 Å². The van der Waals surface area contributed by atoms with Gasteiger partial charge in [0, 0.05) is 36.4 Å². The third kappa shape index (κ3) is 3.56. The second-order valence-corrected chi connectivity index (χ2v) is 7.37. The summed E-state index contributed by atoms with van der Waals surface area (Å²) in [5, 5.41) is 9.19. The Morgan fingerprint density at radius 1 is 1.00 bits per heavy atom. The summed E-state index contributed by atoms with van der Waals surface area (Å²) in [6, 6.07) is 15.6. The first-order valence-corrected chi connectivity index (χ1v) is 10.1. The van der Waals surface area contributed by atoms with E-state index in [9.17, 15) is 5.26 Å². The Balaban J connectivity index is 1.50. The smallest absolute Gasteiger partial charge is 0.223 e. The van der Waals surface area contributed by atoms with Crippen LogP contribution in [0.4, 0.5) is 0 Å². The van der Waals surface area contributed by atoms with Gasteiger partial charge in [0.25, 0.3) is 0 Å². The van der Waals surface area contributed by atoms with Crippen LogP contribution in [-0.4, -0.2) is 35.0 Å². The molecule has 0 saturated carbocycles. The number of nitrogens with zero attached hydrogens (tertiary/aromatic N) is 4. The third-order valence-electron chi connectivity index (χ3n) is 5.41. The lowest BCUT2D eigenvalue weighted by Crippen LogP contribution is -2.27. The molecule has 6 nitrogen and oxygen atoms in total. The lowest BCUT2D eigenvalue weighted by Gasteiger charge is -2.24. The maximum absolute atomic E-state index is 9.19. The van der Waals surface area contributed by atoms with Gasteiger partial charge in [0.15, 0.2) is 0 Å². The quantitative estimate of drug-likeness (QED) is 0.668. The molecule has 0 radical (unpaired) electrons. The molecule has 0 bridgehead atoms. The Kier molecular flexibility index (Phi) is 4.96. The molecule has 2 aromatic heterocycles. The molecular weight excluding hydrogens is 376 g/mol. The van der Waals surface area contributed by atoms with Crippen molar-refractivity contribution in [1.29, 1.82) is 5.26 Å². The zero-order chi connectivity index (χ0) is 20.3. The van der Waals surface area contributed by atoms with E-state index < -0.39 is 0 Å². The van der Waals surface area contributed by atoms with Gasteiger partial charge < -0.3 is 9.47 Å². The molecule has 2 aliphatic heterocycles. The molecule has 0 amide bonds. The van der Waals surface area contributed by atoms with Crippen molar-refractivity contribution < 1.29 is 9.47 Å². The molecule has 6 heteroatoms. The summed E-state index contributed by atoms with van der Waals surface area (Å²) in [5.41, 5.74) is 6.24. The Hall–Kier alpha value is -3.56. The van der Waals surface area contributed by atoms with Crippen LogP contribution in [0.25, 0.3) is 11.3 Å². The number of benzene rings is 1. The normalized spacial score (nSPS) is 15.9. The Morgan fingerprint density at radius 3 is 2.73 bits per heavy atom. The van der Waals surface area contributed by atoms with Gasteiger partial charge in [-0.2, -0.15) is 5.26 Å². The number of hydrogen-bond acceptors (Lipinski definition) is 6. The molecule has 0 N–H and O–H groups in total. The van der Waals surface area contributed by atoms with Crippen LogP contribution in [-0.2, 0) is 11.3 Å². The van der Waals surface area contributed by atoms with Gasteiger partial charge in [-0.1, -0.05) is 12.1 Å². The SMILES string of the molecule is N#Cc1cccc(-c2cc(C3=NCc4ccnc(OC5CCOCC5)c43)ccn2)c1. The predicted octanol–water partition coefficient (Wildman–Crippen LogP) is 3.92. The van der Waals surface area contributed by atoms with Gasteiger partial charge in [-0.25, -0.2) is 4.98 Å². The number of fused-ring (bicyclic) bond motifs is 1. The van der Waals surface area contributed by atoms with Crippen LogP contribution in [0.15, 0.2) is 59.9 Å². The summed E-state index contributed by atoms with van der Waals surface area (Å²) in [5.74, 6) is 0.639.